The average Bonchev–Trinajstić information content (AvgIpc) is 3.24. The van der Waals surface area contributed by atoms with Crippen LogP contribution in [0.5, 0.6) is 5.75 Å². The maximum atomic E-state index is 13.2. The SMILES string of the molecule is COc1ccc2c(-c3ccccc3)c(C(=O)Nc3ccc(N4CCOCC4)nc3)oc2c1. The molecule has 2 aromatic carbocycles. The Labute approximate surface area is 185 Å². The number of anilines is 2. The van der Waals surface area contributed by atoms with Gasteiger partial charge in [-0.2, -0.15) is 0 Å². The van der Waals surface area contributed by atoms with Crippen molar-refractivity contribution in [3.05, 3.63) is 72.6 Å². The zero-order valence-electron chi connectivity index (χ0n) is 17.7. The van der Waals surface area contributed by atoms with Gasteiger partial charge in [0, 0.05) is 30.1 Å². The summed E-state index contributed by atoms with van der Waals surface area (Å²) in [6, 6.07) is 19.1. The third kappa shape index (κ3) is 3.90. The fourth-order valence-electron chi connectivity index (χ4n) is 3.88. The first-order chi connectivity index (χ1) is 15.7. The standard InChI is InChI=1S/C25H23N3O4/c1-30-19-8-9-20-21(15-19)32-24(23(20)17-5-3-2-4-6-17)25(29)27-18-7-10-22(26-16-18)28-11-13-31-14-12-28/h2-10,15-16H,11-14H2,1H3,(H,27,29). The van der Waals surface area contributed by atoms with Crippen LogP contribution in [0.25, 0.3) is 22.1 Å². The van der Waals surface area contributed by atoms with E-state index in [9.17, 15) is 4.79 Å². The molecule has 162 valence electrons. The summed E-state index contributed by atoms with van der Waals surface area (Å²) in [5.41, 5.74) is 2.85. The number of methoxy groups -OCH3 is 1. The van der Waals surface area contributed by atoms with Gasteiger partial charge in [-0.1, -0.05) is 30.3 Å². The molecule has 1 aliphatic heterocycles. The highest BCUT2D eigenvalue weighted by atomic mass is 16.5. The number of hydrogen-bond acceptors (Lipinski definition) is 6. The van der Waals surface area contributed by atoms with Crippen molar-refractivity contribution in [2.75, 3.05) is 43.6 Å². The highest BCUT2D eigenvalue weighted by Gasteiger charge is 2.23. The number of morpholine rings is 1. The zero-order valence-corrected chi connectivity index (χ0v) is 17.7. The van der Waals surface area contributed by atoms with Gasteiger partial charge in [-0.3, -0.25) is 4.79 Å². The van der Waals surface area contributed by atoms with Crippen molar-refractivity contribution in [1.29, 1.82) is 0 Å². The molecule has 1 N–H and O–H groups in total. The number of ether oxygens (including phenoxy) is 2. The Hall–Kier alpha value is -3.84. The predicted octanol–water partition coefficient (Wildman–Crippen LogP) is 4.59. The molecule has 0 spiro atoms. The second-order valence-electron chi connectivity index (χ2n) is 7.49. The predicted molar refractivity (Wildman–Crippen MR) is 123 cm³/mol. The molecule has 0 radical (unpaired) electrons. The van der Waals surface area contributed by atoms with E-state index >= 15 is 0 Å². The molecule has 1 fully saturated rings. The van der Waals surface area contributed by atoms with Gasteiger partial charge in [-0.25, -0.2) is 4.98 Å². The third-order valence-electron chi connectivity index (χ3n) is 5.51. The first-order valence-electron chi connectivity index (χ1n) is 10.5. The number of carbonyl (C=O) groups excluding carboxylic acids is 1. The maximum Gasteiger partial charge on any atom is 0.292 e. The summed E-state index contributed by atoms with van der Waals surface area (Å²) < 4.78 is 16.7. The first kappa shape index (κ1) is 20.1. The summed E-state index contributed by atoms with van der Waals surface area (Å²) in [5.74, 6) is 1.45. The third-order valence-corrected chi connectivity index (χ3v) is 5.51. The zero-order chi connectivity index (χ0) is 21.9. The van der Waals surface area contributed by atoms with Crippen molar-refractivity contribution in [3.63, 3.8) is 0 Å². The lowest BCUT2D eigenvalue weighted by molar-refractivity contribution is 0.0999. The van der Waals surface area contributed by atoms with Crippen molar-refractivity contribution in [2.45, 2.75) is 0 Å². The molecule has 3 heterocycles. The Morgan fingerprint density at radius 3 is 2.59 bits per heavy atom. The molecular weight excluding hydrogens is 406 g/mol. The fourth-order valence-corrected chi connectivity index (χ4v) is 3.88. The number of aromatic nitrogens is 1. The van der Waals surface area contributed by atoms with Gasteiger partial charge in [0.1, 0.15) is 17.2 Å². The number of furan rings is 1. The fraction of sp³-hybridized carbons (Fsp3) is 0.200. The summed E-state index contributed by atoms with van der Waals surface area (Å²) >= 11 is 0. The molecule has 32 heavy (non-hydrogen) atoms. The first-order valence-corrected chi connectivity index (χ1v) is 10.5. The normalized spacial score (nSPS) is 13.8. The Kier molecular flexibility index (Phi) is 5.47. The smallest absolute Gasteiger partial charge is 0.292 e. The molecule has 0 aliphatic carbocycles. The van der Waals surface area contributed by atoms with Gasteiger partial charge >= 0.3 is 0 Å². The van der Waals surface area contributed by atoms with Gasteiger partial charge in [0.15, 0.2) is 0 Å². The van der Waals surface area contributed by atoms with Gasteiger partial charge in [-0.05, 0) is 29.8 Å². The summed E-state index contributed by atoms with van der Waals surface area (Å²) in [6.07, 6.45) is 1.66. The second kappa shape index (κ2) is 8.72. The lowest BCUT2D eigenvalue weighted by atomic mass is 10.0. The van der Waals surface area contributed by atoms with Crippen molar-refractivity contribution < 1.29 is 18.7 Å². The number of benzene rings is 2. The van der Waals surface area contributed by atoms with Gasteiger partial charge in [0.25, 0.3) is 5.91 Å². The van der Waals surface area contributed by atoms with Crippen LogP contribution in [0.3, 0.4) is 0 Å². The van der Waals surface area contributed by atoms with E-state index in [4.69, 9.17) is 13.9 Å². The molecule has 7 heteroatoms. The number of nitrogens with one attached hydrogen (secondary N) is 1. The number of amides is 1. The summed E-state index contributed by atoms with van der Waals surface area (Å²) in [7, 11) is 1.60. The molecule has 7 nitrogen and oxygen atoms in total. The minimum Gasteiger partial charge on any atom is -0.497 e. The molecule has 4 aromatic rings. The highest BCUT2D eigenvalue weighted by Crippen LogP contribution is 2.37. The van der Waals surface area contributed by atoms with Crippen LogP contribution in [0.4, 0.5) is 11.5 Å². The van der Waals surface area contributed by atoms with Crippen molar-refractivity contribution in [2.24, 2.45) is 0 Å². The van der Waals surface area contributed by atoms with E-state index in [0.717, 1.165) is 35.4 Å². The molecule has 1 aliphatic rings. The minimum atomic E-state index is -0.333. The minimum absolute atomic E-state index is 0.247. The lowest BCUT2D eigenvalue weighted by Gasteiger charge is -2.27. The van der Waals surface area contributed by atoms with Crippen LogP contribution in [0.15, 0.2) is 71.3 Å². The molecule has 0 unspecified atom stereocenters. The molecule has 5 rings (SSSR count). The Morgan fingerprint density at radius 2 is 1.88 bits per heavy atom. The average molecular weight is 429 g/mol. The van der Waals surface area contributed by atoms with Gasteiger partial charge in [0.2, 0.25) is 5.76 Å². The maximum absolute atomic E-state index is 13.2. The van der Waals surface area contributed by atoms with Crippen LogP contribution in [0.1, 0.15) is 10.6 Å². The number of pyridine rings is 1. The molecule has 0 bridgehead atoms. The van der Waals surface area contributed by atoms with Gasteiger partial charge < -0.3 is 24.1 Å². The van der Waals surface area contributed by atoms with Crippen LogP contribution in [-0.2, 0) is 4.74 Å². The number of rotatable bonds is 5. The van der Waals surface area contributed by atoms with Crippen molar-refractivity contribution in [1.82, 2.24) is 4.98 Å². The highest BCUT2D eigenvalue weighted by molar-refractivity contribution is 6.12. The van der Waals surface area contributed by atoms with Gasteiger partial charge in [0.05, 0.1) is 32.2 Å². The molecule has 0 saturated carbocycles. The molecule has 2 aromatic heterocycles. The molecule has 0 atom stereocenters. The molecular formula is C25H23N3O4. The van der Waals surface area contributed by atoms with Gasteiger partial charge in [-0.15, -0.1) is 0 Å². The van der Waals surface area contributed by atoms with Crippen LogP contribution < -0.4 is 15.0 Å². The van der Waals surface area contributed by atoms with E-state index in [1.165, 1.54) is 0 Å². The van der Waals surface area contributed by atoms with E-state index in [1.54, 1.807) is 19.4 Å². The van der Waals surface area contributed by atoms with Crippen LogP contribution in [0.2, 0.25) is 0 Å². The Morgan fingerprint density at radius 1 is 1.06 bits per heavy atom. The van der Waals surface area contributed by atoms with Crippen LogP contribution in [0, 0.1) is 0 Å². The second-order valence-corrected chi connectivity index (χ2v) is 7.49. The van der Waals surface area contributed by atoms with Crippen LogP contribution in [-0.4, -0.2) is 44.3 Å². The Balaban J connectivity index is 1.46. The number of hydrogen-bond donors (Lipinski definition) is 1. The summed E-state index contributed by atoms with van der Waals surface area (Å²) in [5, 5.41) is 3.77. The number of fused-ring (bicyclic) bond motifs is 1. The van der Waals surface area contributed by atoms with E-state index in [2.05, 4.69) is 15.2 Å². The van der Waals surface area contributed by atoms with E-state index in [0.29, 0.717) is 30.2 Å². The van der Waals surface area contributed by atoms with E-state index < -0.39 is 0 Å². The lowest BCUT2D eigenvalue weighted by Crippen LogP contribution is -2.36. The van der Waals surface area contributed by atoms with Crippen molar-refractivity contribution >= 4 is 28.4 Å². The Bertz CT molecular complexity index is 1230. The quantitative estimate of drug-likeness (QED) is 0.500. The van der Waals surface area contributed by atoms with E-state index in [-0.39, 0.29) is 11.7 Å². The molecule has 1 saturated heterocycles. The topological polar surface area (TPSA) is 76.8 Å². The monoisotopic (exact) mass is 429 g/mol. The van der Waals surface area contributed by atoms with Crippen molar-refractivity contribution in [3.8, 4) is 16.9 Å². The molecule has 1 amide bonds. The summed E-state index contributed by atoms with van der Waals surface area (Å²) in [6.45, 7) is 3.00. The summed E-state index contributed by atoms with van der Waals surface area (Å²) in [4.78, 5) is 19.9. The van der Waals surface area contributed by atoms with E-state index in [1.807, 2.05) is 54.6 Å². The largest absolute Gasteiger partial charge is 0.497 e. The number of nitrogens with zero attached hydrogens (tertiary/aromatic N) is 2. The van der Waals surface area contributed by atoms with Crippen LogP contribution >= 0.6 is 0 Å². The number of carbonyl (C=O) groups is 1.